The van der Waals surface area contributed by atoms with Crippen LogP contribution in [0, 0.1) is 13.8 Å². The van der Waals surface area contributed by atoms with Crippen LogP contribution < -0.4 is 5.32 Å². The van der Waals surface area contributed by atoms with Gasteiger partial charge in [0.1, 0.15) is 0 Å². The van der Waals surface area contributed by atoms with Crippen molar-refractivity contribution in [2.75, 3.05) is 6.54 Å². The summed E-state index contributed by atoms with van der Waals surface area (Å²) in [5.41, 5.74) is 3.74. The minimum absolute atomic E-state index is 0.0965. The van der Waals surface area contributed by atoms with Crippen molar-refractivity contribution in [3.63, 3.8) is 0 Å². The number of carbonyl (C=O) groups excluding carboxylic acids is 1. The lowest BCUT2D eigenvalue weighted by Crippen LogP contribution is -2.41. The summed E-state index contributed by atoms with van der Waals surface area (Å²) >= 11 is 5.94. The third-order valence-electron chi connectivity index (χ3n) is 5.21. The zero-order valence-corrected chi connectivity index (χ0v) is 20.0. The SMILES string of the molecule is Cc1ccc(CN(CC(=O)N[C@H](C)c2ccc(Cl)cc2)S(=O)(=O)c2ccc(C)cc2)cc1. The van der Waals surface area contributed by atoms with Crippen LogP contribution in [0.1, 0.15) is 35.2 Å². The van der Waals surface area contributed by atoms with Gasteiger partial charge in [-0.2, -0.15) is 4.31 Å². The molecule has 1 amide bonds. The fourth-order valence-corrected chi connectivity index (χ4v) is 4.77. The van der Waals surface area contributed by atoms with Crippen molar-refractivity contribution >= 4 is 27.5 Å². The van der Waals surface area contributed by atoms with Crippen LogP contribution in [0.25, 0.3) is 0 Å². The van der Waals surface area contributed by atoms with Crippen LogP contribution in [0.4, 0.5) is 0 Å². The van der Waals surface area contributed by atoms with Gasteiger partial charge in [-0.1, -0.05) is 71.3 Å². The highest BCUT2D eigenvalue weighted by atomic mass is 35.5. The molecule has 7 heteroatoms. The maximum absolute atomic E-state index is 13.4. The summed E-state index contributed by atoms with van der Waals surface area (Å²) in [5.74, 6) is -0.379. The summed E-state index contributed by atoms with van der Waals surface area (Å²) in [4.78, 5) is 13.0. The predicted octanol–water partition coefficient (Wildman–Crippen LogP) is 5.03. The van der Waals surface area contributed by atoms with Gasteiger partial charge in [-0.3, -0.25) is 4.79 Å². The van der Waals surface area contributed by atoms with Crippen LogP contribution in [0.5, 0.6) is 0 Å². The lowest BCUT2D eigenvalue weighted by Gasteiger charge is -2.23. The van der Waals surface area contributed by atoms with Crippen LogP contribution in [0.3, 0.4) is 0 Å². The fourth-order valence-electron chi connectivity index (χ4n) is 3.26. The van der Waals surface area contributed by atoms with Gasteiger partial charge in [0.25, 0.3) is 0 Å². The van der Waals surface area contributed by atoms with Crippen LogP contribution in [0.2, 0.25) is 5.02 Å². The molecule has 0 saturated heterocycles. The highest BCUT2D eigenvalue weighted by Gasteiger charge is 2.27. The van der Waals surface area contributed by atoms with Crippen molar-refractivity contribution in [1.29, 1.82) is 0 Å². The second kappa shape index (κ2) is 10.3. The molecular formula is C25H27ClN2O3S. The molecule has 0 heterocycles. The maximum Gasteiger partial charge on any atom is 0.243 e. The lowest BCUT2D eigenvalue weighted by molar-refractivity contribution is -0.122. The molecule has 0 unspecified atom stereocenters. The number of hydrogen-bond acceptors (Lipinski definition) is 3. The Kier molecular flexibility index (Phi) is 7.72. The fraction of sp³-hybridized carbons (Fsp3) is 0.240. The Balaban J connectivity index is 1.82. The monoisotopic (exact) mass is 470 g/mol. The second-order valence-electron chi connectivity index (χ2n) is 7.91. The van der Waals surface area contributed by atoms with Gasteiger partial charge in [0.15, 0.2) is 0 Å². The molecule has 0 aliphatic carbocycles. The summed E-state index contributed by atoms with van der Waals surface area (Å²) in [6, 6.07) is 21.1. The first-order valence-electron chi connectivity index (χ1n) is 10.3. The first-order valence-corrected chi connectivity index (χ1v) is 12.1. The van der Waals surface area contributed by atoms with Crippen LogP contribution in [-0.4, -0.2) is 25.2 Å². The molecule has 1 N–H and O–H groups in total. The molecule has 0 saturated carbocycles. The Bertz CT molecular complexity index is 1160. The summed E-state index contributed by atoms with van der Waals surface area (Å²) < 4.78 is 28.0. The summed E-state index contributed by atoms with van der Waals surface area (Å²) in [6.45, 7) is 5.52. The zero-order chi connectivity index (χ0) is 23.3. The van der Waals surface area contributed by atoms with Gasteiger partial charge in [0.05, 0.1) is 17.5 Å². The van der Waals surface area contributed by atoms with E-state index in [0.29, 0.717) is 5.02 Å². The molecule has 3 aromatic rings. The van der Waals surface area contributed by atoms with Crippen LogP contribution >= 0.6 is 11.6 Å². The summed E-state index contributed by atoms with van der Waals surface area (Å²) in [5, 5.41) is 3.50. The second-order valence-corrected chi connectivity index (χ2v) is 10.3. The van der Waals surface area contributed by atoms with E-state index in [9.17, 15) is 13.2 Å². The van der Waals surface area contributed by atoms with Gasteiger partial charge in [-0.25, -0.2) is 8.42 Å². The number of halogens is 1. The molecule has 3 rings (SSSR count). The molecule has 0 fully saturated rings. The van der Waals surface area contributed by atoms with E-state index in [2.05, 4.69) is 5.32 Å². The minimum atomic E-state index is -3.87. The molecule has 0 radical (unpaired) electrons. The molecule has 5 nitrogen and oxygen atoms in total. The van der Waals surface area contributed by atoms with Crippen LogP contribution in [0.15, 0.2) is 77.7 Å². The highest BCUT2D eigenvalue weighted by Crippen LogP contribution is 2.20. The smallest absolute Gasteiger partial charge is 0.243 e. The molecular weight excluding hydrogens is 444 g/mol. The molecule has 168 valence electrons. The van der Waals surface area contributed by atoms with Gasteiger partial charge >= 0.3 is 0 Å². The van der Waals surface area contributed by atoms with Crippen molar-refractivity contribution in [1.82, 2.24) is 9.62 Å². The zero-order valence-electron chi connectivity index (χ0n) is 18.4. The minimum Gasteiger partial charge on any atom is -0.348 e. The van der Waals surface area contributed by atoms with E-state index in [4.69, 9.17) is 11.6 Å². The van der Waals surface area contributed by atoms with Gasteiger partial charge in [-0.05, 0) is 56.2 Å². The topological polar surface area (TPSA) is 66.5 Å². The van der Waals surface area contributed by atoms with Gasteiger partial charge in [0.2, 0.25) is 15.9 Å². The van der Waals surface area contributed by atoms with Gasteiger partial charge < -0.3 is 5.32 Å². The van der Waals surface area contributed by atoms with E-state index in [1.165, 1.54) is 4.31 Å². The van der Waals surface area contributed by atoms with E-state index in [-0.39, 0.29) is 29.9 Å². The molecule has 0 aliphatic heterocycles. The van der Waals surface area contributed by atoms with Crippen LogP contribution in [-0.2, 0) is 21.4 Å². The van der Waals surface area contributed by atoms with Crippen molar-refractivity contribution < 1.29 is 13.2 Å². The number of sulfonamides is 1. The van der Waals surface area contributed by atoms with E-state index >= 15 is 0 Å². The largest absolute Gasteiger partial charge is 0.348 e. The average molecular weight is 471 g/mol. The van der Waals surface area contributed by atoms with Crippen molar-refractivity contribution in [2.24, 2.45) is 0 Å². The lowest BCUT2D eigenvalue weighted by atomic mass is 10.1. The number of benzene rings is 3. The number of nitrogens with one attached hydrogen (secondary N) is 1. The first-order chi connectivity index (χ1) is 15.1. The standard InChI is InChI=1S/C25H27ClN2O3S/c1-18-4-8-21(9-5-18)16-28(32(30,31)24-14-6-19(2)7-15-24)17-25(29)27-20(3)22-10-12-23(26)13-11-22/h4-15,20H,16-17H2,1-3H3,(H,27,29)/t20-/m1/s1. The van der Waals surface area contributed by atoms with Crippen molar-refractivity contribution in [3.8, 4) is 0 Å². The summed E-state index contributed by atoms with van der Waals surface area (Å²) in [7, 11) is -3.87. The Morgan fingerprint density at radius 1 is 0.906 bits per heavy atom. The van der Waals surface area contributed by atoms with E-state index in [1.54, 1.807) is 36.4 Å². The third kappa shape index (κ3) is 6.19. The Morgan fingerprint density at radius 3 is 2.00 bits per heavy atom. The Morgan fingerprint density at radius 2 is 1.44 bits per heavy atom. The number of amides is 1. The number of aryl methyl sites for hydroxylation is 2. The number of nitrogens with zero attached hydrogens (tertiary/aromatic N) is 1. The number of rotatable bonds is 8. The number of carbonyl (C=O) groups is 1. The number of hydrogen-bond donors (Lipinski definition) is 1. The maximum atomic E-state index is 13.4. The first kappa shape index (κ1) is 24.0. The summed E-state index contributed by atoms with van der Waals surface area (Å²) in [6.07, 6.45) is 0. The molecule has 1 atom stereocenters. The molecule has 0 spiro atoms. The average Bonchev–Trinajstić information content (AvgIpc) is 2.75. The van der Waals surface area contributed by atoms with Gasteiger partial charge in [0, 0.05) is 11.6 Å². The Labute approximate surface area is 195 Å². The molecule has 3 aromatic carbocycles. The molecule has 32 heavy (non-hydrogen) atoms. The van der Waals surface area contributed by atoms with E-state index in [0.717, 1.165) is 22.3 Å². The molecule has 0 bridgehead atoms. The third-order valence-corrected chi connectivity index (χ3v) is 7.26. The van der Waals surface area contributed by atoms with E-state index in [1.807, 2.05) is 57.2 Å². The predicted molar refractivity (Wildman–Crippen MR) is 128 cm³/mol. The Hall–Kier alpha value is -2.67. The van der Waals surface area contributed by atoms with Gasteiger partial charge in [-0.15, -0.1) is 0 Å². The molecule has 0 aromatic heterocycles. The quantitative estimate of drug-likeness (QED) is 0.502. The van der Waals surface area contributed by atoms with E-state index < -0.39 is 10.0 Å². The van der Waals surface area contributed by atoms with Crippen molar-refractivity contribution in [3.05, 3.63) is 100 Å². The molecule has 0 aliphatic rings. The normalized spacial score (nSPS) is 12.5. The van der Waals surface area contributed by atoms with Crippen molar-refractivity contribution in [2.45, 2.75) is 38.3 Å². The highest BCUT2D eigenvalue weighted by molar-refractivity contribution is 7.89.